The van der Waals surface area contributed by atoms with E-state index in [9.17, 15) is 9.59 Å². The molecule has 0 amide bonds. The van der Waals surface area contributed by atoms with Gasteiger partial charge in [0.2, 0.25) is 0 Å². The molecule has 14 heavy (non-hydrogen) atoms. The van der Waals surface area contributed by atoms with Crippen LogP contribution < -0.4 is 10.6 Å². The van der Waals surface area contributed by atoms with Gasteiger partial charge in [0, 0.05) is 19.0 Å². The average Bonchev–Trinajstić information content (AvgIpc) is 2.58. The largest absolute Gasteiger partial charge is 0.371 e. The van der Waals surface area contributed by atoms with Gasteiger partial charge in [-0.05, 0) is 0 Å². The smallest absolute Gasteiger partial charge is 0.184 e. The third-order valence-corrected chi connectivity index (χ3v) is 3.25. The second-order valence-electron chi connectivity index (χ2n) is 3.33. The Morgan fingerprint density at radius 3 is 3.07 bits per heavy atom. The molecular formula is C9H10N2O2S. The Kier molecular flexibility index (Phi) is 2.13. The van der Waals surface area contributed by atoms with Crippen LogP contribution in [0, 0.1) is 0 Å². The van der Waals surface area contributed by atoms with Crippen molar-refractivity contribution in [3.8, 4) is 0 Å². The molecule has 1 unspecified atom stereocenters. The van der Waals surface area contributed by atoms with E-state index in [0.717, 1.165) is 12.0 Å². The highest BCUT2D eigenvalue weighted by molar-refractivity contribution is 7.12. The molecular weight excluding hydrogens is 200 g/mol. The Morgan fingerprint density at radius 2 is 2.43 bits per heavy atom. The lowest BCUT2D eigenvalue weighted by molar-refractivity contribution is 0.0959. The zero-order valence-electron chi connectivity index (χ0n) is 7.69. The molecule has 2 N–H and O–H groups in total. The summed E-state index contributed by atoms with van der Waals surface area (Å²) in [6.45, 7) is 0.476. The molecule has 0 spiro atoms. The van der Waals surface area contributed by atoms with Crippen molar-refractivity contribution >= 4 is 29.1 Å². The minimum absolute atomic E-state index is 0.0672. The molecule has 0 saturated carbocycles. The van der Waals surface area contributed by atoms with E-state index in [2.05, 4.69) is 0 Å². The van der Waals surface area contributed by atoms with Gasteiger partial charge in [-0.1, -0.05) is 0 Å². The predicted molar refractivity (Wildman–Crippen MR) is 55.3 cm³/mol. The summed E-state index contributed by atoms with van der Waals surface area (Å²) in [7, 11) is 1.84. The second-order valence-corrected chi connectivity index (χ2v) is 4.24. The van der Waals surface area contributed by atoms with Crippen LogP contribution in [0.5, 0.6) is 0 Å². The molecule has 0 bridgehead atoms. The standard InChI is InChI=1S/C9H10N2O2S/c1-11-2-6(10)9(13)5-4-14-7(3-12)8(5)11/h3-4,6H,2,10H2,1H3. The molecule has 0 aromatic carbocycles. The van der Waals surface area contributed by atoms with Crippen molar-refractivity contribution in [1.29, 1.82) is 0 Å². The van der Waals surface area contributed by atoms with E-state index in [-0.39, 0.29) is 5.78 Å². The summed E-state index contributed by atoms with van der Waals surface area (Å²) in [4.78, 5) is 24.8. The molecule has 2 rings (SSSR count). The fraction of sp³-hybridized carbons (Fsp3) is 0.333. The summed E-state index contributed by atoms with van der Waals surface area (Å²) >= 11 is 1.29. The molecule has 0 saturated heterocycles. The molecule has 1 atom stereocenters. The zero-order valence-corrected chi connectivity index (χ0v) is 8.50. The Hall–Kier alpha value is -1.20. The van der Waals surface area contributed by atoms with Crippen LogP contribution in [-0.2, 0) is 0 Å². The number of likely N-dealkylation sites (N-methyl/N-ethyl adjacent to an activating group) is 1. The highest BCUT2D eigenvalue weighted by Crippen LogP contribution is 2.33. The van der Waals surface area contributed by atoms with E-state index in [0.29, 0.717) is 17.0 Å². The van der Waals surface area contributed by atoms with Gasteiger partial charge in [-0.2, -0.15) is 0 Å². The molecule has 1 aliphatic heterocycles. The fourth-order valence-corrected chi connectivity index (χ4v) is 2.59. The van der Waals surface area contributed by atoms with Crippen LogP contribution in [0.15, 0.2) is 5.38 Å². The first-order chi connectivity index (χ1) is 6.65. The first-order valence-electron chi connectivity index (χ1n) is 4.22. The number of fused-ring (bicyclic) bond motifs is 1. The predicted octanol–water partition coefficient (Wildman–Crippen LogP) is 0.520. The molecule has 0 fully saturated rings. The summed E-state index contributed by atoms with van der Waals surface area (Å²) in [5, 5.41) is 1.71. The molecule has 5 heteroatoms. The van der Waals surface area contributed by atoms with Gasteiger partial charge in [0.05, 0.1) is 22.2 Å². The minimum Gasteiger partial charge on any atom is -0.371 e. The van der Waals surface area contributed by atoms with Crippen molar-refractivity contribution in [2.45, 2.75) is 6.04 Å². The molecule has 1 aliphatic rings. The lowest BCUT2D eigenvalue weighted by atomic mass is 10.0. The number of nitrogens with zero attached hydrogens (tertiary/aromatic N) is 1. The molecule has 1 aromatic rings. The van der Waals surface area contributed by atoms with Gasteiger partial charge in [0.25, 0.3) is 0 Å². The van der Waals surface area contributed by atoms with Crippen LogP contribution in [0.3, 0.4) is 0 Å². The Balaban J connectivity index is 2.57. The van der Waals surface area contributed by atoms with Crippen LogP contribution in [-0.4, -0.2) is 31.7 Å². The maximum absolute atomic E-state index is 11.6. The number of thiophene rings is 1. The quantitative estimate of drug-likeness (QED) is 0.686. The van der Waals surface area contributed by atoms with Crippen LogP contribution >= 0.6 is 11.3 Å². The van der Waals surface area contributed by atoms with E-state index in [4.69, 9.17) is 5.73 Å². The van der Waals surface area contributed by atoms with Crippen molar-refractivity contribution in [2.75, 3.05) is 18.5 Å². The number of ketones is 1. The summed E-state index contributed by atoms with van der Waals surface area (Å²) in [5.41, 5.74) is 6.97. The van der Waals surface area contributed by atoms with Crippen molar-refractivity contribution < 1.29 is 9.59 Å². The number of aldehydes is 1. The zero-order chi connectivity index (χ0) is 10.3. The van der Waals surface area contributed by atoms with Gasteiger partial charge in [0.15, 0.2) is 12.1 Å². The molecule has 2 heterocycles. The number of anilines is 1. The van der Waals surface area contributed by atoms with E-state index in [1.807, 2.05) is 11.9 Å². The fourth-order valence-electron chi connectivity index (χ4n) is 1.69. The molecule has 0 aliphatic carbocycles. The molecule has 0 radical (unpaired) electrons. The van der Waals surface area contributed by atoms with Crippen molar-refractivity contribution in [1.82, 2.24) is 0 Å². The first kappa shape index (κ1) is 9.36. The van der Waals surface area contributed by atoms with Crippen LogP contribution in [0.2, 0.25) is 0 Å². The van der Waals surface area contributed by atoms with E-state index < -0.39 is 6.04 Å². The monoisotopic (exact) mass is 210 g/mol. The third kappa shape index (κ3) is 1.17. The summed E-state index contributed by atoms with van der Waals surface area (Å²) in [6, 6.07) is -0.471. The number of carbonyl (C=O) groups excluding carboxylic acids is 2. The van der Waals surface area contributed by atoms with Crippen molar-refractivity contribution in [3.05, 3.63) is 15.8 Å². The van der Waals surface area contributed by atoms with E-state index in [1.54, 1.807) is 5.38 Å². The summed E-state index contributed by atoms with van der Waals surface area (Å²) in [6.07, 6.45) is 0.782. The van der Waals surface area contributed by atoms with Gasteiger partial charge in [-0.3, -0.25) is 9.59 Å². The van der Waals surface area contributed by atoms with Gasteiger partial charge < -0.3 is 10.6 Å². The van der Waals surface area contributed by atoms with E-state index >= 15 is 0 Å². The van der Waals surface area contributed by atoms with Gasteiger partial charge in [0.1, 0.15) is 0 Å². The van der Waals surface area contributed by atoms with Gasteiger partial charge in [-0.25, -0.2) is 0 Å². The normalized spacial score (nSPS) is 20.9. The van der Waals surface area contributed by atoms with Crippen molar-refractivity contribution in [3.63, 3.8) is 0 Å². The van der Waals surface area contributed by atoms with Gasteiger partial charge >= 0.3 is 0 Å². The van der Waals surface area contributed by atoms with Crippen LogP contribution in [0.1, 0.15) is 20.0 Å². The van der Waals surface area contributed by atoms with E-state index in [1.165, 1.54) is 11.3 Å². The molecule has 1 aromatic heterocycles. The highest BCUT2D eigenvalue weighted by Gasteiger charge is 2.30. The van der Waals surface area contributed by atoms with Gasteiger partial charge in [-0.15, -0.1) is 11.3 Å². The Labute approximate surface area is 85.3 Å². The number of carbonyl (C=O) groups is 2. The maximum atomic E-state index is 11.6. The SMILES string of the molecule is CN1CC(N)C(=O)c2csc(C=O)c21. The number of rotatable bonds is 1. The topological polar surface area (TPSA) is 63.4 Å². The van der Waals surface area contributed by atoms with Crippen molar-refractivity contribution in [2.24, 2.45) is 5.73 Å². The number of Topliss-reactive ketones (excluding diaryl/α,β-unsaturated/α-hetero) is 1. The average molecular weight is 210 g/mol. The summed E-state index contributed by atoms with van der Waals surface area (Å²) in [5.74, 6) is -0.0672. The number of nitrogens with two attached hydrogens (primary N) is 1. The second kappa shape index (κ2) is 3.18. The van der Waals surface area contributed by atoms with Crippen LogP contribution in [0.25, 0.3) is 0 Å². The molecule has 74 valence electrons. The lowest BCUT2D eigenvalue weighted by Crippen LogP contribution is -2.45. The Bertz CT molecular complexity index is 400. The Morgan fingerprint density at radius 1 is 1.71 bits per heavy atom. The molecule has 4 nitrogen and oxygen atoms in total. The number of hydrogen-bond donors (Lipinski definition) is 1. The maximum Gasteiger partial charge on any atom is 0.184 e. The minimum atomic E-state index is -0.471. The first-order valence-corrected chi connectivity index (χ1v) is 5.10. The third-order valence-electron chi connectivity index (χ3n) is 2.35. The summed E-state index contributed by atoms with van der Waals surface area (Å²) < 4.78 is 0. The van der Waals surface area contributed by atoms with Crippen LogP contribution in [0.4, 0.5) is 5.69 Å². The number of hydrogen-bond acceptors (Lipinski definition) is 5. The lowest BCUT2D eigenvalue weighted by Gasteiger charge is -2.28. The highest BCUT2D eigenvalue weighted by atomic mass is 32.1.